The molecule has 0 spiro atoms. The van der Waals surface area contributed by atoms with Crippen molar-refractivity contribution in [3.63, 3.8) is 0 Å². The largest absolute Gasteiger partial charge is 0.351 e. The monoisotopic (exact) mass is 485 g/mol. The predicted molar refractivity (Wildman–Crippen MR) is 120 cm³/mol. The van der Waals surface area contributed by atoms with Crippen LogP contribution < -0.4 is 15.4 Å². The Hall–Kier alpha value is -1.98. The van der Waals surface area contributed by atoms with Crippen LogP contribution in [0.4, 0.5) is 0 Å². The summed E-state index contributed by atoms with van der Waals surface area (Å²) in [7, 11) is -6.63. The first-order chi connectivity index (χ1) is 15.1. The molecule has 2 atom stereocenters. The zero-order chi connectivity index (χ0) is 23.4. The van der Waals surface area contributed by atoms with Gasteiger partial charge in [-0.1, -0.05) is 18.2 Å². The van der Waals surface area contributed by atoms with Crippen molar-refractivity contribution in [2.45, 2.75) is 56.0 Å². The number of nitrogens with one attached hydrogen (secondary N) is 3. The van der Waals surface area contributed by atoms with Gasteiger partial charge in [0.1, 0.15) is 6.04 Å². The summed E-state index contributed by atoms with van der Waals surface area (Å²) in [6.07, 6.45) is 3.08. The van der Waals surface area contributed by atoms with Crippen molar-refractivity contribution in [3.8, 4) is 0 Å². The summed E-state index contributed by atoms with van der Waals surface area (Å²) in [5.74, 6) is -0.637. The van der Waals surface area contributed by atoms with Gasteiger partial charge in [0.25, 0.3) is 0 Å². The lowest BCUT2D eigenvalue weighted by atomic mass is 9.81. The number of sulfonamides is 1. The van der Waals surface area contributed by atoms with Crippen LogP contribution in [0, 0.1) is 11.8 Å². The number of hydrogen-bond acceptors (Lipinski definition) is 6. The SMILES string of the molecule is C[C@H](NC(=O)C1CCC(CNS(=O)(=O)c2ccccc2)CC1)C(=O)NC1CCS(=O)(=O)C1. The van der Waals surface area contributed by atoms with Gasteiger partial charge in [0.2, 0.25) is 21.8 Å². The Labute approximate surface area is 189 Å². The van der Waals surface area contributed by atoms with Gasteiger partial charge in [-0.25, -0.2) is 21.6 Å². The smallest absolute Gasteiger partial charge is 0.242 e. The quantitative estimate of drug-likeness (QED) is 0.492. The van der Waals surface area contributed by atoms with Crippen LogP contribution in [0.3, 0.4) is 0 Å². The van der Waals surface area contributed by atoms with Crippen molar-refractivity contribution in [1.82, 2.24) is 15.4 Å². The summed E-state index contributed by atoms with van der Waals surface area (Å²) < 4.78 is 50.4. The molecule has 2 amide bonds. The van der Waals surface area contributed by atoms with Crippen LogP contribution >= 0.6 is 0 Å². The molecular formula is C21H31N3O6S2. The molecule has 1 aromatic carbocycles. The van der Waals surface area contributed by atoms with Crippen LogP contribution in [0.5, 0.6) is 0 Å². The summed E-state index contributed by atoms with van der Waals surface area (Å²) in [5.41, 5.74) is 0. The molecule has 0 aromatic heterocycles. The van der Waals surface area contributed by atoms with Gasteiger partial charge in [-0.15, -0.1) is 0 Å². The van der Waals surface area contributed by atoms with Crippen molar-refractivity contribution in [2.24, 2.45) is 11.8 Å². The molecule has 1 aromatic rings. The molecule has 32 heavy (non-hydrogen) atoms. The Morgan fingerprint density at radius 2 is 1.72 bits per heavy atom. The summed E-state index contributed by atoms with van der Waals surface area (Å²) in [6.45, 7) is 1.91. The molecule has 1 saturated heterocycles. The minimum absolute atomic E-state index is 0.0581. The molecule has 1 aliphatic carbocycles. The van der Waals surface area contributed by atoms with Crippen LogP contribution in [-0.2, 0) is 29.4 Å². The summed E-state index contributed by atoms with van der Waals surface area (Å²) in [4.78, 5) is 25.1. The lowest BCUT2D eigenvalue weighted by Crippen LogP contribution is -2.50. The number of rotatable bonds is 8. The van der Waals surface area contributed by atoms with Crippen LogP contribution in [0.2, 0.25) is 0 Å². The third kappa shape index (κ3) is 6.76. The Morgan fingerprint density at radius 3 is 2.31 bits per heavy atom. The first-order valence-electron chi connectivity index (χ1n) is 10.9. The van der Waals surface area contributed by atoms with E-state index in [0.717, 1.165) is 12.8 Å². The molecule has 1 saturated carbocycles. The number of carbonyl (C=O) groups excluding carboxylic acids is 2. The first-order valence-corrected chi connectivity index (χ1v) is 14.2. The van der Waals surface area contributed by atoms with E-state index in [9.17, 15) is 26.4 Å². The van der Waals surface area contributed by atoms with Crippen molar-refractivity contribution in [2.75, 3.05) is 18.1 Å². The number of hydrogen-bond donors (Lipinski definition) is 3. The van der Waals surface area contributed by atoms with E-state index in [4.69, 9.17) is 0 Å². The predicted octanol–water partition coefficient (Wildman–Crippen LogP) is 0.579. The molecule has 1 aliphatic heterocycles. The van der Waals surface area contributed by atoms with Crippen LogP contribution in [0.1, 0.15) is 39.0 Å². The molecule has 3 rings (SSSR count). The fourth-order valence-electron chi connectivity index (χ4n) is 4.17. The number of carbonyl (C=O) groups is 2. The Kier molecular flexibility index (Phi) is 7.94. The van der Waals surface area contributed by atoms with Crippen molar-refractivity contribution < 1.29 is 26.4 Å². The van der Waals surface area contributed by atoms with E-state index in [1.807, 2.05) is 0 Å². The van der Waals surface area contributed by atoms with Crippen LogP contribution in [0.25, 0.3) is 0 Å². The lowest BCUT2D eigenvalue weighted by molar-refractivity contribution is -0.131. The van der Waals surface area contributed by atoms with E-state index < -0.39 is 31.9 Å². The second kappa shape index (κ2) is 10.3. The topological polar surface area (TPSA) is 139 Å². The first kappa shape index (κ1) is 24.7. The highest BCUT2D eigenvalue weighted by Crippen LogP contribution is 2.29. The third-order valence-corrected chi connectivity index (χ3v) is 9.37. The Bertz CT molecular complexity index is 1020. The molecule has 3 N–H and O–H groups in total. The zero-order valence-electron chi connectivity index (χ0n) is 18.1. The Morgan fingerprint density at radius 1 is 1.06 bits per heavy atom. The normalized spacial score (nSPS) is 26.2. The van der Waals surface area contributed by atoms with Gasteiger partial charge < -0.3 is 10.6 Å². The highest BCUT2D eigenvalue weighted by Gasteiger charge is 2.32. The molecule has 0 bridgehead atoms. The number of benzene rings is 1. The van der Waals surface area contributed by atoms with Gasteiger partial charge >= 0.3 is 0 Å². The minimum Gasteiger partial charge on any atom is -0.351 e. The maximum Gasteiger partial charge on any atom is 0.242 e. The van der Waals surface area contributed by atoms with E-state index in [1.54, 1.807) is 37.3 Å². The minimum atomic E-state index is -3.54. The molecule has 0 radical (unpaired) electrons. The summed E-state index contributed by atoms with van der Waals surface area (Å²) >= 11 is 0. The van der Waals surface area contributed by atoms with Crippen molar-refractivity contribution in [3.05, 3.63) is 30.3 Å². The van der Waals surface area contributed by atoms with Gasteiger partial charge in [0.15, 0.2) is 9.84 Å². The van der Waals surface area contributed by atoms with Crippen molar-refractivity contribution in [1.29, 1.82) is 0 Å². The molecule has 1 heterocycles. The molecule has 1 unspecified atom stereocenters. The van der Waals surface area contributed by atoms with E-state index in [-0.39, 0.29) is 40.1 Å². The second-order valence-corrected chi connectivity index (χ2v) is 12.7. The number of amides is 2. The number of sulfone groups is 1. The third-order valence-electron chi connectivity index (χ3n) is 6.16. The van der Waals surface area contributed by atoms with Gasteiger partial charge in [-0.3, -0.25) is 9.59 Å². The highest BCUT2D eigenvalue weighted by atomic mass is 32.2. The maximum absolute atomic E-state index is 12.6. The average Bonchev–Trinajstić information content (AvgIpc) is 3.11. The highest BCUT2D eigenvalue weighted by molar-refractivity contribution is 7.91. The van der Waals surface area contributed by atoms with E-state index in [1.165, 1.54) is 0 Å². The van der Waals surface area contributed by atoms with E-state index in [0.29, 0.717) is 25.8 Å². The Balaban J connectivity index is 1.40. The summed E-state index contributed by atoms with van der Waals surface area (Å²) in [6, 6.07) is 7.06. The second-order valence-electron chi connectivity index (χ2n) is 8.72. The van der Waals surface area contributed by atoms with Gasteiger partial charge in [0, 0.05) is 18.5 Å². The van der Waals surface area contributed by atoms with Gasteiger partial charge in [-0.05, 0) is 57.1 Å². The van der Waals surface area contributed by atoms with E-state index in [2.05, 4.69) is 15.4 Å². The molecular weight excluding hydrogens is 454 g/mol. The fraction of sp³-hybridized carbons (Fsp3) is 0.619. The fourth-order valence-corrected chi connectivity index (χ4v) is 6.98. The van der Waals surface area contributed by atoms with Crippen LogP contribution in [-0.4, -0.2) is 58.8 Å². The lowest BCUT2D eigenvalue weighted by Gasteiger charge is -2.28. The van der Waals surface area contributed by atoms with E-state index >= 15 is 0 Å². The molecule has 178 valence electrons. The average molecular weight is 486 g/mol. The van der Waals surface area contributed by atoms with Crippen molar-refractivity contribution >= 4 is 31.7 Å². The standard InChI is InChI=1S/C21H31N3O6S2/c1-15(20(25)24-18-11-12-31(27,28)14-18)23-21(26)17-9-7-16(8-10-17)13-22-32(29,30)19-5-3-2-4-6-19/h2-6,15-18,22H,7-14H2,1H3,(H,23,26)(H,24,25)/t15-,16?,17?,18?/m0/s1. The zero-order valence-corrected chi connectivity index (χ0v) is 19.8. The maximum atomic E-state index is 12.6. The van der Waals surface area contributed by atoms with Crippen LogP contribution in [0.15, 0.2) is 35.2 Å². The summed E-state index contributed by atoms with van der Waals surface area (Å²) in [5, 5.41) is 5.42. The van der Waals surface area contributed by atoms with Gasteiger partial charge in [-0.2, -0.15) is 0 Å². The molecule has 11 heteroatoms. The molecule has 9 nitrogen and oxygen atoms in total. The molecule has 2 fully saturated rings. The van der Waals surface area contributed by atoms with Gasteiger partial charge in [0.05, 0.1) is 16.4 Å². The molecule has 2 aliphatic rings.